The Hall–Kier alpha value is -2.09. The zero-order valence-corrected chi connectivity index (χ0v) is 9.97. The average molecular weight is 251 g/mol. The summed E-state index contributed by atoms with van der Waals surface area (Å²) in [5, 5.41) is 0. The molecule has 1 aromatic rings. The third-order valence-electron chi connectivity index (χ3n) is 3.10. The number of hydrogen-bond acceptors (Lipinski definition) is 7. The number of hydrazine groups is 1. The molecule has 0 aliphatic carbocycles. The molecule has 18 heavy (non-hydrogen) atoms. The van der Waals surface area contributed by atoms with Crippen LogP contribution in [0.5, 0.6) is 0 Å². The quantitative estimate of drug-likeness (QED) is 0.401. The number of aromatic nitrogens is 2. The second kappa shape index (κ2) is 5.05. The predicted molar refractivity (Wildman–Crippen MR) is 68.4 cm³/mol. The molecular formula is C10H17N7O. The summed E-state index contributed by atoms with van der Waals surface area (Å²) < 4.78 is 0. The van der Waals surface area contributed by atoms with Crippen molar-refractivity contribution in [2.45, 2.75) is 12.8 Å². The first-order valence-corrected chi connectivity index (χ1v) is 5.75. The maximum absolute atomic E-state index is 11.1. The molecule has 7 N–H and O–H groups in total. The van der Waals surface area contributed by atoms with Crippen molar-refractivity contribution in [1.82, 2.24) is 9.97 Å². The Bertz CT molecular complexity index is 442. The number of piperidine rings is 1. The summed E-state index contributed by atoms with van der Waals surface area (Å²) in [6.07, 6.45) is 1.45. The number of nitrogen functional groups attached to an aromatic ring is 2. The average Bonchev–Trinajstić information content (AvgIpc) is 2.38. The molecule has 0 unspecified atom stereocenters. The fourth-order valence-electron chi connectivity index (χ4n) is 2.08. The minimum absolute atomic E-state index is 0.0486. The van der Waals surface area contributed by atoms with Crippen molar-refractivity contribution in [1.29, 1.82) is 0 Å². The lowest BCUT2D eigenvalue weighted by atomic mass is 9.96. The SMILES string of the molecule is NNc1cc(N2CCC(C(N)=O)CC2)nc(N)n1. The monoisotopic (exact) mass is 251 g/mol. The van der Waals surface area contributed by atoms with Crippen LogP contribution in [-0.2, 0) is 4.79 Å². The minimum Gasteiger partial charge on any atom is -0.369 e. The van der Waals surface area contributed by atoms with Crippen LogP contribution in [0.4, 0.5) is 17.6 Å². The number of rotatable bonds is 3. The van der Waals surface area contributed by atoms with Crippen molar-refractivity contribution in [3.05, 3.63) is 6.07 Å². The number of hydrogen-bond donors (Lipinski definition) is 4. The molecular weight excluding hydrogens is 234 g/mol. The molecule has 0 aromatic carbocycles. The largest absolute Gasteiger partial charge is 0.369 e. The summed E-state index contributed by atoms with van der Waals surface area (Å²) in [7, 11) is 0. The molecule has 2 rings (SSSR count). The molecule has 1 saturated heterocycles. The highest BCUT2D eigenvalue weighted by atomic mass is 16.1. The normalized spacial score (nSPS) is 16.6. The summed E-state index contributed by atoms with van der Waals surface area (Å²) in [6, 6.07) is 1.72. The number of anilines is 3. The van der Waals surface area contributed by atoms with Gasteiger partial charge in [-0.25, -0.2) is 5.84 Å². The molecule has 2 heterocycles. The van der Waals surface area contributed by atoms with E-state index in [0.29, 0.717) is 24.7 Å². The summed E-state index contributed by atoms with van der Waals surface area (Å²) in [4.78, 5) is 21.2. The van der Waals surface area contributed by atoms with E-state index in [1.807, 2.05) is 4.90 Å². The Morgan fingerprint density at radius 2 is 2.06 bits per heavy atom. The number of nitrogens with zero attached hydrogens (tertiary/aromatic N) is 3. The van der Waals surface area contributed by atoms with E-state index in [4.69, 9.17) is 17.3 Å². The Balaban J connectivity index is 2.09. The first kappa shape index (κ1) is 12.4. The summed E-state index contributed by atoms with van der Waals surface area (Å²) in [5.41, 5.74) is 13.3. The second-order valence-electron chi connectivity index (χ2n) is 4.28. The molecule has 98 valence electrons. The van der Waals surface area contributed by atoms with E-state index in [-0.39, 0.29) is 17.8 Å². The number of amides is 1. The van der Waals surface area contributed by atoms with E-state index in [1.54, 1.807) is 6.07 Å². The first-order valence-electron chi connectivity index (χ1n) is 5.75. The number of nitrogens with one attached hydrogen (secondary N) is 1. The van der Waals surface area contributed by atoms with Gasteiger partial charge in [-0.2, -0.15) is 9.97 Å². The molecule has 1 fully saturated rings. The zero-order valence-electron chi connectivity index (χ0n) is 9.97. The Morgan fingerprint density at radius 1 is 1.39 bits per heavy atom. The molecule has 1 aliphatic rings. The smallest absolute Gasteiger partial charge is 0.223 e. The van der Waals surface area contributed by atoms with Crippen LogP contribution < -0.4 is 27.6 Å². The van der Waals surface area contributed by atoms with Crippen LogP contribution in [0.15, 0.2) is 6.07 Å². The van der Waals surface area contributed by atoms with E-state index in [9.17, 15) is 4.79 Å². The van der Waals surface area contributed by atoms with Gasteiger partial charge in [-0.05, 0) is 12.8 Å². The molecule has 1 amide bonds. The van der Waals surface area contributed by atoms with Gasteiger partial charge in [-0.1, -0.05) is 0 Å². The van der Waals surface area contributed by atoms with Gasteiger partial charge >= 0.3 is 0 Å². The number of primary amides is 1. The number of nitrogens with two attached hydrogens (primary N) is 3. The van der Waals surface area contributed by atoms with Crippen LogP contribution in [0.3, 0.4) is 0 Å². The van der Waals surface area contributed by atoms with Crippen molar-refractivity contribution >= 4 is 23.5 Å². The Labute approximate surface area is 105 Å². The van der Waals surface area contributed by atoms with Crippen molar-refractivity contribution in [3.63, 3.8) is 0 Å². The highest BCUT2D eigenvalue weighted by molar-refractivity contribution is 5.77. The van der Waals surface area contributed by atoms with Crippen LogP contribution in [0.1, 0.15) is 12.8 Å². The van der Waals surface area contributed by atoms with Gasteiger partial charge in [0.05, 0.1) is 0 Å². The van der Waals surface area contributed by atoms with Crippen LogP contribution >= 0.6 is 0 Å². The van der Waals surface area contributed by atoms with E-state index < -0.39 is 0 Å². The Morgan fingerprint density at radius 3 is 2.61 bits per heavy atom. The van der Waals surface area contributed by atoms with Crippen molar-refractivity contribution < 1.29 is 4.79 Å². The Kier molecular flexibility index (Phi) is 3.47. The summed E-state index contributed by atoms with van der Waals surface area (Å²) in [6.45, 7) is 1.43. The minimum atomic E-state index is -0.235. The summed E-state index contributed by atoms with van der Waals surface area (Å²) in [5.74, 6) is 6.36. The van der Waals surface area contributed by atoms with Crippen LogP contribution in [0.2, 0.25) is 0 Å². The molecule has 0 atom stereocenters. The van der Waals surface area contributed by atoms with E-state index >= 15 is 0 Å². The molecule has 8 nitrogen and oxygen atoms in total. The van der Waals surface area contributed by atoms with Gasteiger partial charge in [0.25, 0.3) is 0 Å². The number of carbonyl (C=O) groups is 1. The molecule has 1 aromatic heterocycles. The lowest BCUT2D eigenvalue weighted by molar-refractivity contribution is -0.122. The fourth-order valence-corrected chi connectivity index (χ4v) is 2.08. The van der Waals surface area contributed by atoms with Crippen molar-refractivity contribution in [3.8, 4) is 0 Å². The second-order valence-corrected chi connectivity index (χ2v) is 4.28. The number of carbonyl (C=O) groups excluding carboxylic acids is 1. The lowest BCUT2D eigenvalue weighted by Crippen LogP contribution is -2.39. The maximum Gasteiger partial charge on any atom is 0.223 e. The van der Waals surface area contributed by atoms with Gasteiger partial charge in [-0.3, -0.25) is 4.79 Å². The van der Waals surface area contributed by atoms with Gasteiger partial charge in [-0.15, -0.1) is 0 Å². The topological polar surface area (TPSA) is 136 Å². The van der Waals surface area contributed by atoms with Crippen molar-refractivity contribution in [2.24, 2.45) is 17.5 Å². The van der Waals surface area contributed by atoms with E-state index in [2.05, 4.69) is 15.4 Å². The third-order valence-corrected chi connectivity index (χ3v) is 3.10. The van der Waals surface area contributed by atoms with Gasteiger partial charge in [0.15, 0.2) is 0 Å². The maximum atomic E-state index is 11.1. The fraction of sp³-hybridized carbons (Fsp3) is 0.500. The van der Waals surface area contributed by atoms with Gasteiger partial charge < -0.3 is 21.8 Å². The van der Waals surface area contributed by atoms with Crippen LogP contribution in [-0.4, -0.2) is 29.0 Å². The predicted octanol–water partition coefficient (Wildman–Crippen LogP) is -0.954. The molecule has 0 radical (unpaired) electrons. The molecule has 0 spiro atoms. The van der Waals surface area contributed by atoms with Gasteiger partial charge in [0, 0.05) is 25.1 Å². The third kappa shape index (κ3) is 2.59. The highest BCUT2D eigenvalue weighted by Gasteiger charge is 2.24. The zero-order chi connectivity index (χ0) is 13.1. The highest BCUT2D eigenvalue weighted by Crippen LogP contribution is 2.23. The van der Waals surface area contributed by atoms with Crippen molar-refractivity contribution in [2.75, 3.05) is 29.1 Å². The summed E-state index contributed by atoms with van der Waals surface area (Å²) >= 11 is 0. The first-order chi connectivity index (χ1) is 8.60. The van der Waals surface area contributed by atoms with E-state index in [0.717, 1.165) is 12.8 Å². The molecule has 0 bridgehead atoms. The lowest BCUT2D eigenvalue weighted by Gasteiger charge is -2.31. The van der Waals surface area contributed by atoms with E-state index in [1.165, 1.54) is 0 Å². The molecule has 8 heteroatoms. The van der Waals surface area contributed by atoms with Gasteiger partial charge in [0.2, 0.25) is 11.9 Å². The van der Waals surface area contributed by atoms with Crippen LogP contribution in [0, 0.1) is 5.92 Å². The van der Waals surface area contributed by atoms with Gasteiger partial charge in [0.1, 0.15) is 11.6 Å². The standard InChI is InChI=1S/C10H17N7O/c11-9(18)6-1-3-17(4-2-6)8-5-7(16-13)14-10(12)15-8/h5-6H,1-4,13H2,(H2,11,18)(H3,12,14,15,16). The molecule has 0 saturated carbocycles. The molecule has 1 aliphatic heterocycles. The van der Waals surface area contributed by atoms with Crippen LogP contribution in [0.25, 0.3) is 0 Å².